The highest BCUT2D eigenvalue weighted by Gasteiger charge is 2.04. The zero-order valence-corrected chi connectivity index (χ0v) is 14.7. The van der Waals surface area contributed by atoms with E-state index in [2.05, 4.69) is 63.9 Å². The molecular formula is C19H24N6. The van der Waals surface area contributed by atoms with Gasteiger partial charge in [0.2, 0.25) is 0 Å². The molecule has 2 N–H and O–H groups in total. The number of fused-ring (bicyclic) bond motifs is 1. The number of nitrogens with zero attached hydrogens (tertiary/aromatic N) is 4. The number of hydrogen-bond acceptors (Lipinski definition) is 3. The van der Waals surface area contributed by atoms with E-state index in [1.165, 1.54) is 11.1 Å². The Bertz CT molecular complexity index is 835. The number of guanidine groups is 1. The summed E-state index contributed by atoms with van der Waals surface area (Å²) in [5, 5.41) is 15.0. The molecule has 1 aromatic carbocycles. The first-order valence-corrected chi connectivity index (χ1v) is 8.62. The molecular weight excluding hydrogens is 312 g/mol. The van der Waals surface area contributed by atoms with E-state index in [1.54, 1.807) is 0 Å². The van der Waals surface area contributed by atoms with Gasteiger partial charge in [-0.05, 0) is 38.0 Å². The number of hydrogen-bond donors (Lipinski definition) is 2. The first-order chi connectivity index (χ1) is 12.3. The molecule has 0 spiro atoms. The molecule has 0 radical (unpaired) electrons. The number of pyridine rings is 1. The fourth-order valence-electron chi connectivity index (χ4n) is 2.57. The summed E-state index contributed by atoms with van der Waals surface area (Å²) in [6.45, 7) is 6.28. The molecule has 0 unspecified atom stereocenters. The Morgan fingerprint density at radius 1 is 1.08 bits per heavy atom. The van der Waals surface area contributed by atoms with Crippen molar-refractivity contribution in [2.45, 2.75) is 26.8 Å². The van der Waals surface area contributed by atoms with Crippen molar-refractivity contribution in [3.8, 4) is 0 Å². The Balaban J connectivity index is 1.60. The summed E-state index contributed by atoms with van der Waals surface area (Å²) in [6, 6.07) is 14.5. The highest BCUT2D eigenvalue weighted by molar-refractivity contribution is 5.79. The lowest BCUT2D eigenvalue weighted by Crippen LogP contribution is -2.38. The number of aromatic nitrogens is 3. The van der Waals surface area contributed by atoms with E-state index in [0.717, 1.165) is 36.9 Å². The minimum absolute atomic E-state index is 0.477. The molecule has 25 heavy (non-hydrogen) atoms. The molecule has 0 bridgehead atoms. The van der Waals surface area contributed by atoms with E-state index in [4.69, 9.17) is 0 Å². The third kappa shape index (κ3) is 4.56. The van der Waals surface area contributed by atoms with Crippen molar-refractivity contribution in [2.75, 3.05) is 13.1 Å². The second-order valence-electron chi connectivity index (χ2n) is 5.90. The molecule has 130 valence electrons. The zero-order chi connectivity index (χ0) is 17.5. The normalized spacial score (nSPS) is 11.7. The van der Waals surface area contributed by atoms with Crippen molar-refractivity contribution in [1.82, 2.24) is 25.2 Å². The van der Waals surface area contributed by atoms with Gasteiger partial charge in [-0.15, -0.1) is 10.2 Å². The van der Waals surface area contributed by atoms with E-state index in [1.807, 2.05) is 28.8 Å². The Morgan fingerprint density at radius 3 is 2.72 bits per heavy atom. The van der Waals surface area contributed by atoms with Crippen molar-refractivity contribution in [3.05, 3.63) is 65.6 Å². The van der Waals surface area contributed by atoms with Crippen LogP contribution < -0.4 is 10.6 Å². The van der Waals surface area contributed by atoms with Crippen molar-refractivity contribution in [1.29, 1.82) is 0 Å². The number of rotatable bonds is 6. The molecule has 0 saturated heterocycles. The fraction of sp³-hybridized carbons (Fsp3) is 0.316. The van der Waals surface area contributed by atoms with E-state index < -0.39 is 0 Å². The molecule has 6 nitrogen and oxygen atoms in total. The van der Waals surface area contributed by atoms with Crippen LogP contribution in [0.4, 0.5) is 0 Å². The summed E-state index contributed by atoms with van der Waals surface area (Å²) in [7, 11) is 0. The minimum atomic E-state index is 0.477. The second kappa shape index (κ2) is 8.28. The van der Waals surface area contributed by atoms with Crippen LogP contribution in [-0.4, -0.2) is 33.6 Å². The maximum Gasteiger partial charge on any atom is 0.191 e. The highest BCUT2D eigenvalue weighted by Crippen LogP contribution is 2.04. The third-order valence-corrected chi connectivity index (χ3v) is 3.93. The Hall–Kier alpha value is -2.89. The van der Waals surface area contributed by atoms with Gasteiger partial charge in [0.25, 0.3) is 0 Å². The van der Waals surface area contributed by atoms with Crippen LogP contribution in [0.3, 0.4) is 0 Å². The van der Waals surface area contributed by atoms with Gasteiger partial charge in [0.05, 0.1) is 0 Å². The van der Waals surface area contributed by atoms with Crippen LogP contribution in [0, 0.1) is 6.92 Å². The first-order valence-electron chi connectivity index (χ1n) is 8.62. The summed E-state index contributed by atoms with van der Waals surface area (Å²) in [4.78, 5) is 4.62. The van der Waals surface area contributed by atoms with Crippen LogP contribution >= 0.6 is 0 Å². The van der Waals surface area contributed by atoms with Gasteiger partial charge in [-0.3, -0.25) is 4.40 Å². The molecule has 3 aromatic rings. The van der Waals surface area contributed by atoms with Gasteiger partial charge in [-0.1, -0.05) is 35.9 Å². The van der Waals surface area contributed by atoms with E-state index in [-0.39, 0.29) is 0 Å². The fourth-order valence-corrected chi connectivity index (χ4v) is 2.57. The van der Waals surface area contributed by atoms with Gasteiger partial charge in [0, 0.05) is 19.3 Å². The number of aryl methyl sites for hydroxylation is 1. The molecule has 2 heterocycles. The second-order valence-corrected chi connectivity index (χ2v) is 5.90. The maximum absolute atomic E-state index is 4.62. The molecule has 0 aliphatic heterocycles. The van der Waals surface area contributed by atoms with Gasteiger partial charge < -0.3 is 10.6 Å². The smallest absolute Gasteiger partial charge is 0.191 e. The zero-order valence-electron chi connectivity index (χ0n) is 14.7. The molecule has 0 aliphatic rings. The molecule has 0 fully saturated rings. The van der Waals surface area contributed by atoms with Gasteiger partial charge in [-0.25, -0.2) is 4.99 Å². The van der Waals surface area contributed by atoms with Gasteiger partial charge in [-0.2, -0.15) is 0 Å². The van der Waals surface area contributed by atoms with Gasteiger partial charge in [0.15, 0.2) is 17.4 Å². The summed E-state index contributed by atoms with van der Waals surface area (Å²) in [5.74, 6) is 1.62. The van der Waals surface area contributed by atoms with Crippen LogP contribution in [0.2, 0.25) is 0 Å². The van der Waals surface area contributed by atoms with Crippen LogP contribution in [0.1, 0.15) is 23.9 Å². The van der Waals surface area contributed by atoms with Crippen molar-refractivity contribution in [2.24, 2.45) is 4.99 Å². The molecule has 6 heteroatoms. The van der Waals surface area contributed by atoms with Crippen LogP contribution in [0.5, 0.6) is 0 Å². The van der Waals surface area contributed by atoms with Crippen molar-refractivity contribution < 1.29 is 0 Å². The van der Waals surface area contributed by atoms with E-state index in [9.17, 15) is 0 Å². The molecule has 0 saturated carbocycles. The lowest BCUT2D eigenvalue weighted by atomic mass is 10.1. The van der Waals surface area contributed by atoms with Crippen LogP contribution in [-0.2, 0) is 13.0 Å². The Labute approximate surface area is 148 Å². The SMILES string of the molecule is CCNC(=NCc1nnc2ccccn12)NCCc1ccc(C)cc1. The maximum atomic E-state index is 4.62. The minimum Gasteiger partial charge on any atom is -0.357 e. The Morgan fingerprint density at radius 2 is 1.92 bits per heavy atom. The van der Waals surface area contributed by atoms with Gasteiger partial charge >= 0.3 is 0 Å². The average Bonchev–Trinajstić information content (AvgIpc) is 3.04. The van der Waals surface area contributed by atoms with E-state index in [0.29, 0.717) is 6.54 Å². The first kappa shape index (κ1) is 17.0. The summed E-state index contributed by atoms with van der Waals surface area (Å²) in [6.07, 6.45) is 2.91. The van der Waals surface area contributed by atoms with Crippen LogP contribution in [0.15, 0.2) is 53.7 Å². The Kier molecular flexibility index (Phi) is 5.61. The predicted molar refractivity (Wildman–Crippen MR) is 101 cm³/mol. The monoisotopic (exact) mass is 336 g/mol. The molecule has 2 aromatic heterocycles. The van der Waals surface area contributed by atoms with Gasteiger partial charge in [0.1, 0.15) is 6.54 Å². The lowest BCUT2D eigenvalue weighted by Gasteiger charge is -2.11. The number of benzene rings is 1. The summed E-state index contributed by atoms with van der Waals surface area (Å²) in [5.41, 5.74) is 3.44. The molecule has 0 aliphatic carbocycles. The molecule has 0 amide bonds. The van der Waals surface area contributed by atoms with Crippen molar-refractivity contribution in [3.63, 3.8) is 0 Å². The van der Waals surface area contributed by atoms with Crippen molar-refractivity contribution >= 4 is 11.6 Å². The predicted octanol–water partition coefficient (Wildman–Crippen LogP) is 2.34. The topological polar surface area (TPSA) is 66.6 Å². The average molecular weight is 336 g/mol. The van der Waals surface area contributed by atoms with E-state index >= 15 is 0 Å². The molecule has 0 atom stereocenters. The molecule has 3 rings (SSSR count). The third-order valence-electron chi connectivity index (χ3n) is 3.93. The summed E-state index contributed by atoms with van der Waals surface area (Å²) < 4.78 is 1.96. The standard InChI is InChI=1S/C19H24N6/c1-3-20-19(21-12-11-16-9-7-15(2)8-10-16)22-14-18-24-23-17-6-4-5-13-25(17)18/h4-10,13H,3,11-12,14H2,1-2H3,(H2,20,21,22). The summed E-state index contributed by atoms with van der Waals surface area (Å²) >= 11 is 0. The largest absolute Gasteiger partial charge is 0.357 e. The quantitative estimate of drug-likeness (QED) is 0.536. The number of aliphatic imine (C=N–C) groups is 1. The number of nitrogens with one attached hydrogen (secondary N) is 2. The highest BCUT2D eigenvalue weighted by atomic mass is 15.3. The van der Waals surface area contributed by atoms with Crippen LogP contribution in [0.25, 0.3) is 5.65 Å². The lowest BCUT2D eigenvalue weighted by molar-refractivity contribution is 0.787.